The number of halogens is 2. The summed E-state index contributed by atoms with van der Waals surface area (Å²) in [6.07, 6.45) is 5.33. The van der Waals surface area contributed by atoms with E-state index in [0.717, 1.165) is 35.7 Å². The Morgan fingerprint density at radius 2 is 1.88 bits per heavy atom. The molecule has 2 aliphatic rings. The van der Waals surface area contributed by atoms with E-state index in [1.165, 1.54) is 12.4 Å². The lowest BCUT2D eigenvalue weighted by molar-refractivity contribution is 0.0159. The number of carbonyl (C=O) groups is 1. The van der Waals surface area contributed by atoms with Crippen LogP contribution in [0.5, 0.6) is 0 Å². The molecule has 1 aliphatic carbocycles. The molecule has 1 atom stereocenters. The van der Waals surface area contributed by atoms with Crippen LogP contribution in [0.15, 0.2) is 30.7 Å². The molecule has 9 heteroatoms. The lowest BCUT2D eigenvalue weighted by atomic mass is 10.1. The number of rotatable bonds is 3. The number of aromatic nitrogens is 3. The van der Waals surface area contributed by atoms with Crippen molar-refractivity contribution < 1.29 is 18.3 Å². The van der Waals surface area contributed by atoms with Gasteiger partial charge in [-0.05, 0) is 64.2 Å². The summed E-state index contributed by atoms with van der Waals surface area (Å²) in [6, 6.07) is 3.81. The summed E-state index contributed by atoms with van der Waals surface area (Å²) in [4.78, 5) is 25.7. The highest BCUT2D eigenvalue weighted by atomic mass is 19.2. The summed E-state index contributed by atoms with van der Waals surface area (Å²) in [5, 5.41) is 0.938. The molecule has 7 nitrogen and oxygen atoms in total. The number of fused-ring (bicyclic) bond motifs is 1. The summed E-state index contributed by atoms with van der Waals surface area (Å²) in [5.74, 6) is -0.563. The van der Waals surface area contributed by atoms with Crippen LogP contribution in [-0.4, -0.2) is 56.8 Å². The van der Waals surface area contributed by atoms with Crippen LogP contribution < -0.4 is 4.90 Å². The smallest absolute Gasteiger partial charge is 0.410 e. The number of anilines is 1. The third-order valence-corrected chi connectivity index (χ3v) is 6.35. The Morgan fingerprint density at radius 1 is 1.12 bits per heavy atom. The van der Waals surface area contributed by atoms with Gasteiger partial charge in [0.1, 0.15) is 23.4 Å². The molecule has 1 aliphatic heterocycles. The van der Waals surface area contributed by atoms with Crippen LogP contribution in [-0.2, 0) is 4.74 Å². The van der Waals surface area contributed by atoms with Gasteiger partial charge < -0.3 is 19.1 Å². The molecule has 2 aromatic heterocycles. The van der Waals surface area contributed by atoms with Crippen molar-refractivity contribution in [3.05, 3.63) is 47.9 Å². The number of ether oxygens (including phenoxy) is 1. The summed E-state index contributed by atoms with van der Waals surface area (Å²) in [6.45, 7) is 9.32. The Labute approximate surface area is 197 Å². The number of nitrogens with zero attached hydrogens (tertiary/aromatic N) is 5. The van der Waals surface area contributed by atoms with Crippen LogP contribution in [0.4, 0.5) is 19.4 Å². The normalized spacial score (nSPS) is 19.1. The number of benzene rings is 1. The molecule has 2 fully saturated rings. The van der Waals surface area contributed by atoms with Crippen molar-refractivity contribution in [3.8, 4) is 5.69 Å². The zero-order valence-corrected chi connectivity index (χ0v) is 19.9. The summed E-state index contributed by atoms with van der Waals surface area (Å²) in [5.41, 5.74) is 1.76. The van der Waals surface area contributed by atoms with E-state index in [1.54, 1.807) is 11.0 Å². The molecule has 1 saturated carbocycles. The second-order valence-corrected chi connectivity index (χ2v) is 10.2. The minimum Gasteiger partial charge on any atom is -0.444 e. The molecule has 1 saturated heterocycles. The second kappa shape index (κ2) is 8.21. The maximum atomic E-state index is 14.0. The number of carbonyl (C=O) groups excluding carboxylic acids is 1. The van der Waals surface area contributed by atoms with E-state index in [9.17, 15) is 13.6 Å². The summed E-state index contributed by atoms with van der Waals surface area (Å²) in [7, 11) is 0. The van der Waals surface area contributed by atoms with Gasteiger partial charge in [0.05, 0.1) is 11.1 Å². The van der Waals surface area contributed by atoms with Crippen LogP contribution in [0, 0.1) is 11.6 Å². The van der Waals surface area contributed by atoms with Gasteiger partial charge >= 0.3 is 6.09 Å². The highest BCUT2D eigenvalue weighted by molar-refractivity contribution is 5.93. The van der Waals surface area contributed by atoms with Crippen LogP contribution in [0.2, 0.25) is 0 Å². The summed E-state index contributed by atoms with van der Waals surface area (Å²) < 4.78 is 34.9. The van der Waals surface area contributed by atoms with Gasteiger partial charge in [-0.3, -0.25) is 0 Å². The van der Waals surface area contributed by atoms with Crippen molar-refractivity contribution in [2.75, 3.05) is 24.5 Å². The van der Waals surface area contributed by atoms with Gasteiger partial charge in [0, 0.05) is 37.9 Å². The molecule has 180 valence electrons. The fraction of sp³-hybridized carbons (Fsp3) is 0.480. The standard InChI is InChI=1S/C25H29F2N5O2/c1-15-12-30(9-10-31(15)24(33)34-25(2,3)4)22-21-18(16-5-6-16)13-32(23(21)29-14-28-22)17-7-8-19(26)20(27)11-17/h7-8,11,13-16H,5-6,9-10,12H2,1-4H3/t15-/m1/s1. The monoisotopic (exact) mass is 469 g/mol. The van der Waals surface area contributed by atoms with Crippen molar-refractivity contribution in [2.45, 2.75) is 58.1 Å². The lowest BCUT2D eigenvalue weighted by Crippen LogP contribution is -2.55. The minimum atomic E-state index is -0.895. The first-order valence-corrected chi connectivity index (χ1v) is 11.7. The summed E-state index contributed by atoms with van der Waals surface area (Å²) >= 11 is 0. The molecule has 0 N–H and O–H groups in total. The Balaban J connectivity index is 1.50. The van der Waals surface area contributed by atoms with Crippen LogP contribution >= 0.6 is 0 Å². The fourth-order valence-electron chi connectivity index (χ4n) is 4.59. The molecule has 0 spiro atoms. The third kappa shape index (κ3) is 4.19. The maximum absolute atomic E-state index is 14.0. The quantitative estimate of drug-likeness (QED) is 0.539. The minimum absolute atomic E-state index is 0.0636. The third-order valence-electron chi connectivity index (χ3n) is 6.35. The molecule has 1 aromatic carbocycles. The van der Waals surface area contributed by atoms with Gasteiger partial charge in [-0.25, -0.2) is 23.5 Å². The zero-order valence-electron chi connectivity index (χ0n) is 19.9. The number of hydrogen-bond acceptors (Lipinski definition) is 5. The molecule has 34 heavy (non-hydrogen) atoms. The van der Waals surface area contributed by atoms with Gasteiger partial charge in [0.15, 0.2) is 11.6 Å². The largest absolute Gasteiger partial charge is 0.444 e. The van der Waals surface area contributed by atoms with Gasteiger partial charge in [-0.1, -0.05) is 0 Å². The van der Waals surface area contributed by atoms with Crippen molar-refractivity contribution in [2.24, 2.45) is 0 Å². The van der Waals surface area contributed by atoms with E-state index in [-0.39, 0.29) is 12.1 Å². The SMILES string of the molecule is C[C@@H]1CN(c2ncnc3c2c(C2CC2)cn3-c2ccc(F)c(F)c2)CCN1C(=O)OC(C)(C)C. The highest BCUT2D eigenvalue weighted by Crippen LogP contribution is 2.46. The average molecular weight is 470 g/mol. The van der Waals surface area contributed by atoms with Crippen molar-refractivity contribution in [1.29, 1.82) is 0 Å². The van der Waals surface area contributed by atoms with E-state index in [4.69, 9.17) is 4.74 Å². The Kier molecular flexibility index (Phi) is 5.45. The molecule has 0 unspecified atom stereocenters. The zero-order chi connectivity index (χ0) is 24.2. The number of piperazine rings is 1. The van der Waals surface area contributed by atoms with E-state index in [0.29, 0.717) is 36.9 Å². The van der Waals surface area contributed by atoms with E-state index in [1.807, 2.05) is 38.5 Å². The molecular weight excluding hydrogens is 440 g/mol. The van der Waals surface area contributed by atoms with Crippen LogP contribution in [0.3, 0.4) is 0 Å². The molecule has 0 radical (unpaired) electrons. The van der Waals surface area contributed by atoms with E-state index < -0.39 is 17.2 Å². The van der Waals surface area contributed by atoms with Gasteiger partial charge in [0.2, 0.25) is 0 Å². The van der Waals surface area contributed by atoms with Crippen LogP contribution in [0.1, 0.15) is 52.0 Å². The van der Waals surface area contributed by atoms with Gasteiger partial charge in [0.25, 0.3) is 0 Å². The van der Waals surface area contributed by atoms with Crippen molar-refractivity contribution in [1.82, 2.24) is 19.4 Å². The van der Waals surface area contributed by atoms with E-state index >= 15 is 0 Å². The molecule has 3 heterocycles. The second-order valence-electron chi connectivity index (χ2n) is 10.2. The Morgan fingerprint density at radius 3 is 2.53 bits per heavy atom. The molecule has 3 aromatic rings. The van der Waals surface area contributed by atoms with Gasteiger partial charge in [-0.2, -0.15) is 0 Å². The Bertz CT molecular complexity index is 1250. The predicted molar refractivity (Wildman–Crippen MR) is 125 cm³/mol. The predicted octanol–water partition coefficient (Wildman–Crippen LogP) is 5.02. The van der Waals surface area contributed by atoms with Crippen molar-refractivity contribution in [3.63, 3.8) is 0 Å². The maximum Gasteiger partial charge on any atom is 0.410 e. The first-order chi connectivity index (χ1) is 16.1. The first kappa shape index (κ1) is 22.6. The molecule has 5 rings (SSSR count). The van der Waals surface area contributed by atoms with Crippen LogP contribution in [0.25, 0.3) is 16.7 Å². The molecule has 1 amide bonds. The topological polar surface area (TPSA) is 63.5 Å². The Hall–Kier alpha value is -3.23. The van der Waals surface area contributed by atoms with Gasteiger partial charge in [-0.15, -0.1) is 0 Å². The highest BCUT2D eigenvalue weighted by Gasteiger charge is 2.34. The number of hydrogen-bond donors (Lipinski definition) is 0. The number of amides is 1. The average Bonchev–Trinajstić information content (AvgIpc) is 3.54. The van der Waals surface area contributed by atoms with E-state index in [2.05, 4.69) is 14.9 Å². The van der Waals surface area contributed by atoms with Crippen molar-refractivity contribution >= 4 is 22.9 Å². The molecule has 0 bridgehead atoms. The fourth-order valence-corrected chi connectivity index (χ4v) is 4.59. The molecular formula is C25H29F2N5O2. The first-order valence-electron chi connectivity index (χ1n) is 11.7. The lowest BCUT2D eigenvalue weighted by Gasteiger charge is -2.40.